The third-order valence-electron chi connectivity index (χ3n) is 2.17. The Morgan fingerprint density at radius 2 is 2.24 bits per heavy atom. The van der Waals surface area contributed by atoms with E-state index in [1.165, 1.54) is 6.07 Å². The summed E-state index contributed by atoms with van der Waals surface area (Å²) >= 11 is 0.966. The number of rotatable bonds is 4. The number of aliphatic hydroxyl groups is 1. The highest BCUT2D eigenvalue weighted by Crippen LogP contribution is 2.20. The molecule has 1 aromatic heterocycles. The summed E-state index contributed by atoms with van der Waals surface area (Å²) in [5.41, 5.74) is 0.907. The number of aromatic nitrogens is 2. The fraction of sp³-hybridized carbons (Fsp3) is 0.333. The Labute approximate surface area is 103 Å². The van der Waals surface area contributed by atoms with E-state index in [-0.39, 0.29) is 11.5 Å². The van der Waals surface area contributed by atoms with Gasteiger partial charge >= 0.3 is 0 Å². The highest BCUT2D eigenvalue weighted by atomic mass is 32.2. The molecular weight excluding hydrogens is 262 g/mol. The van der Waals surface area contributed by atoms with Gasteiger partial charge in [-0.05, 0) is 19.1 Å². The zero-order valence-corrected chi connectivity index (χ0v) is 10.6. The highest BCUT2D eigenvalue weighted by molar-refractivity contribution is 7.89. The first-order valence-corrected chi connectivity index (χ1v) is 7.10. The van der Waals surface area contributed by atoms with Crippen molar-refractivity contribution in [3.8, 4) is 0 Å². The predicted molar refractivity (Wildman–Crippen MR) is 64.3 cm³/mol. The molecule has 0 saturated heterocycles. The topological polar surface area (TPSA) is 92.2 Å². The Bertz CT molecular complexity index is 623. The number of nitrogens with one attached hydrogen (secondary N) is 1. The lowest BCUT2D eigenvalue weighted by molar-refractivity contribution is 0.265. The van der Waals surface area contributed by atoms with E-state index in [4.69, 9.17) is 5.11 Å². The Balaban J connectivity index is 2.49. The lowest BCUT2D eigenvalue weighted by Crippen LogP contribution is -2.35. The molecule has 0 bridgehead atoms. The van der Waals surface area contributed by atoms with Gasteiger partial charge in [0.1, 0.15) is 15.9 Å². The van der Waals surface area contributed by atoms with E-state index in [9.17, 15) is 8.42 Å². The largest absolute Gasteiger partial charge is 0.395 e. The van der Waals surface area contributed by atoms with E-state index in [1.807, 2.05) is 0 Å². The maximum absolute atomic E-state index is 12.0. The van der Waals surface area contributed by atoms with Crippen molar-refractivity contribution in [2.45, 2.75) is 17.9 Å². The fourth-order valence-electron chi connectivity index (χ4n) is 1.36. The highest BCUT2D eigenvalue weighted by Gasteiger charge is 2.21. The van der Waals surface area contributed by atoms with Gasteiger partial charge in [-0.3, -0.25) is 0 Å². The van der Waals surface area contributed by atoms with Crippen molar-refractivity contribution in [1.29, 1.82) is 0 Å². The van der Waals surface area contributed by atoms with Gasteiger partial charge in [0.25, 0.3) is 0 Å². The molecule has 0 amide bonds. The minimum Gasteiger partial charge on any atom is -0.395 e. The Morgan fingerprint density at radius 1 is 1.47 bits per heavy atom. The second kappa shape index (κ2) is 4.65. The van der Waals surface area contributed by atoms with Gasteiger partial charge < -0.3 is 5.11 Å². The van der Waals surface area contributed by atoms with Crippen molar-refractivity contribution in [1.82, 2.24) is 13.5 Å². The van der Waals surface area contributed by atoms with E-state index in [0.29, 0.717) is 11.0 Å². The molecule has 0 aliphatic rings. The van der Waals surface area contributed by atoms with Gasteiger partial charge in [-0.15, -0.1) is 0 Å². The normalized spacial score (nSPS) is 14.0. The van der Waals surface area contributed by atoms with Crippen LogP contribution in [0.3, 0.4) is 0 Å². The summed E-state index contributed by atoms with van der Waals surface area (Å²) in [6.45, 7) is 1.32. The molecule has 1 atom stereocenters. The van der Waals surface area contributed by atoms with E-state index in [2.05, 4.69) is 13.5 Å². The van der Waals surface area contributed by atoms with Crippen molar-refractivity contribution in [3.63, 3.8) is 0 Å². The number of benzene rings is 1. The molecule has 2 rings (SSSR count). The molecule has 1 aromatic carbocycles. The van der Waals surface area contributed by atoms with Crippen molar-refractivity contribution in [3.05, 3.63) is 18.2 Å². The molecule has 0 aliphatic heterocycles. The van der Waals surface area contributed by atoms with Crippen LogP contribution < -0.4 is 4.72 Å². The molecule has 1 heterocycles. The van der Waals surface area contributed by atoms with Crippen molar-refractivity contribution >= 4 is 32.8 Å². The molecule has 0 radical (unpaired) electrons. The second-order valence-electron chi connectivity index (χ2n) is 3.59. The number of fused-ring (bicyclic) bond motifs is 1. The smallest absolute Gasteiger partial charge is 0.243 e. The molecule has 8 heteroatoms. The van der Waals surface area contributed by atoms with Gasteiger partial charge in [0.05, 0.1) is 18.3 Å². The molecule has 0 aliphatic carbocycles. The van der Waals surface area contributed by atoms with Crippen molar-refractivity contribution in [2.75, 3.05) is 6.61 Å². The van der Waals surface area contributed by atoms with Gasteiger partial charge in [0, 0.05) is 6.04 Å². The lowest BCUT2D eigenvalue weighted by Gasteiger charge is -2.11. The zero-order valence-electron chi connectivity index (χ0n) is 8.99. The second-order valence-corrected chi connectivity index (χ2v) is 5.80. The molecule has 0 saturated carbocycles. The van der Waals surface area contributed by atoms with E-state index < -0.39 is 16.1 Å². The van der Waals surface area contributed by atoms with Crippen LogP contribution in [0.25, 0.3) is 11.0 Å². The molecule has 92 valence electrons. The Morgan fingerprint density at radius 3 is 2.94 bits per heavy atom. The number of aliphatic hydroxyl groups excluding tert-OH is 1. The molecule has 2 aromatic rings. The van der Waals surface area contributed by atoms with Crippen LogP contribution in [0.5, 0.6) is 0 Å². The van der Waals surface area contributed by atoms with E-state index in [1.54, 1.807) is 19.1 Å². The van der Waals surface area contributed by atoms with Crippen molar-refractivity contribution < 1.29 is 13.5 Å². The van der Waals surface area contributed by atoms with Crippen LogP contribution in [0, 0.1) is 0 Å². The van der Waals surface area contributed by atoms with Crippen LogP contribution in [0.1, 0.15) is 6.92 Å². The molecule has 0 unspecified atom stereocenters. The van der Waals surface area contributed by atoms with Crippen LogP contribution in [-0.2, 0) is 10.0 Å². The molecule has 0 spiro atoms. The van der Waals surface area contributed by atoms with Gasteiger partial charge in [-0.2, -0.15) is 8.75 Å². The average molecular weight is 273 g/mol. The molecular formula is C9H11N3O3S2. The molecule has 6 nitrogen and oxygen atoms in total. The summed E-state index contributed by atoms with van der Waals surface area (Å²) in [4.78, 5) is 0.0871. The van der Waals surface area contributed by atoms with Crippen molar-refractivity contribution in [2.24, 2.45) is 0 Å². The van der Waals surface area contributed by atoms with Crippen LogP contribution in [0.4, 0.5) is 0 Å². The van der Waals surface area contributed by atoms with Crippen LogP contribution >= 0.6 is 11.7 Å². The number of nitrogens with zero attached hydrogens (tertiary/aromatic N) is 2. The third kappa shape index (κ3) is 2.44. The first-order valence-electron chi connectivity index (χ1n) is 4.89. The van der Waals surface area contributed by atoms with E-state index >= 15 is 0 Å². The lowest BCUT2D eigenvalue weighted by atomic mass is 10.3. The maximum Gasteiger partial charge on any atom is 0.243 e. The molecule has 2 N–H and O–H groups in total. The summed E-state index contributed by atoms with van der Waals surface area (Å²) in [6, 6.07) is 4.24. The third-order valence-corrected chi connectivity index (χ3v) is 4.33. The number of hydrogen-bond donors (Lipinski definition) is 2. The van der Waals surface area contributed by atoms with E-state index in [0.717, 1.165) is 11.7 Å². The van der Waals surface area contributed by atoms with Crippen LogP contribution in [0.15, 0.2) is 23.1 Å². The Kier molecular flexibility index (Phi) is 3.38. The Hall–Kier alpha value is -1.09. The first kappa shape index (κ1) is 12.4. The van der Waals surface area contributed by atoms with Gasteiger partial charge in [0.15, 0.2) is 0 Å². The average Bonchev–Trinajstić information content (AvgIpc) is 2.75. The summed E-state index contributed by atoms with van der Waals surface area (Å²) in [6.07, 6.45) is 0. The first-order chi connectivity index (χ1) is 8.04. The summed E-state index contributed by atoms with van der Waals surface area (Å²) < 4.78 is 34.4. The standard InChI is InChI=1S/C9H11N3O3S2/c1-6(5-13)12-17(14,15)8-4-2-3-7-9(8)11-16-10-7/h2-4,6,12-13H,5H2,1H3/t6-/m0/s1. The summed E-state index contributed by atoms with van der Waals surface area (Å²) in [5.74, 6) is 0. The zero-order chi connectivity index (χ0) is 12.5. The SMILES string of the molecule is C[C@@H](CO)NS(=O)(=O)c1cccc2nsnc12. The molecule has 0 fully saturated rings. The van der Waals surface area contributed by atoms with Gasteiger partial charge in [0.2, 0.25) is 10.0 Å². The molecule has 17 heavy (non-hydrogen) atoms. The number of hydrogen-bond acceptors (Lipinski definition) is 6. The quantitative estimate of drug-likeness (QED) is 0.838. The maximum atomic E-state index is 12.0. The number of sulfonamides is 1. The minimum atomic E-state index is -3.67. The van der Waals surface area contributed by atoms with Crippen LogP contribution in [0.2, 0.25) is 0 Å². The summed E-state index contributed by atoms with van der Waals surface area (Å²) in [7, 11) is -3.67. The monoisotopic (exact) mass is 273 g/mol. The fourth-order valence-corrected chi connectivity index (χ4v) is 3.36. The van der Waals surface area contributed by atoms with Gasteiger partial charge in [-0.25, -0.2) is 13.1 Å². The predicted octanol–water partition coefficient (Wildman–Crippen LogP) is 0.350. The van der Waals surface area contributed by atoms with Gasteiger partial charge in [-0.1, -0.05) is 6.07 Å². The summed E-state index contributed by atoms with van der Waals surface area (Å²) in [5, 5.41) is 8.87. The van der Waals surface area contributed by atoms with Crippen LogP contribution in [-0.4, -0.2) is 34.9 Å². The minimum absolute atomic E-state index is 0.0871.